The number of rotatable bonds is 3. The van der Waals surface area contributed by atoms with Crippen molar-refractivity contribution >= 4 is 17.4 Å². The Bertz CT molecular complexity index is 336. The van der Waals surface area contributed by atoms with Crippen LogP contribution in [0, 0.1) is 5.92 Å². The fourth-order valence-corrected chi connectivity index (χ4v) is 1.45. The summed E-state index contributed by atoms with van der Waals surface area (Å²) in [7, 11) is 0. The van der Waals surface area contributed by atoms with Gasteiger partial charge in [-0.25, -0.2) is 0 Å². The largest absolute Gasteiger partial charge is 0.388 e. The third-order valence-electron chi connectivity index (χ3n) is 2.34. The lowest BCUT2D eigenvalue weighted by atomic mass is 9.94. The lowest BCUT2D eigenvalue weighted by molar-refractivity contribution is -0.123. The molecule has 0 radical (unpaired) electrons. The number of carbonyl (C=O) groups excluding carboxylic acids is 1. The standard InChI is InChI=1S/C11H13ClO2/c1-7(8(2)13)11(14)9-5-3-4-6-10(9)12/h3-7,11,14H,1-2H3/t7-,11+/m0/s1. The summed E-state index contributed by atoms with van der Waals surface area (Å²) in [6.45, 7) is 3.15. The van der Waals surface area contributed by atoms with Crippen molar-refractivity contribution in [3.8, 4) is 0 Å². The SMILES string of the molecule is CC(=O)[C@H](C)[C@@H](O)c1ccccc1Cl. The van der Waals surface area contributed by atoms with Gasteiger partial charge in [0, 0.05) is 10.9 Å². The molecule has 2 nitrogen and oxygen atoms in total. The highest BCUT2D eigenvalue weighted by Gasteiger charge is 2.21. The fraction of sp³-hybridized carbons (Fsp3) is 0.364. The summed E-state index contributed by atoms with van der Waals surface area (Å²) in [6.07, 6.45) is -0.818. The van der Waals surface area contributed by atoms with E-state index in [1.54, 1.807) is 31.2 Å². The molecule has 0 heterocycles. The maximum Gasteiger partial charge on any atom is 0.135 e. The number of carbonyl (C=O) groups is 1. The van der Waals surface area contributed by atoms with Crippen LogP contribution in [0.2, 0.25) is 5.02 Å². The van der Waals surface area contributed by atoms with Crippen LogP contribution in [0.3, 0.4) is 0 Å². The smallest absolute Gasteiger partial charge is 0.135 e. The van der Waals surface area contributed by atoms with Crippen LogP contribution < -0.4 is 0 Å². The Hall–Kier alpha value is -0.860. The second-order valence-electron chi connectivity index (χ2n) is 3.37. The zero-order valence-electron chi connectivity index (χ0n) is 8.20. The van der Waals surface area contributed by atoms with E-state index in [-0.39, 0.29) is 5.78 Å². The summed E-state index contributed by atoms with van der Waals surface area (Å²) in [5.74, 6) is -0.465. The van der Waals surface area contributed by atoms with Crippen LogP contribution in [0.4, 0.5) is 0 Å². The molecule has 3 heteroatoms. The molecule has 0 aromatic heterocycles. The first-order valence-electron chi connectivity index (χ1n) is 4.47. The van der Waals surface area contributed by atoms with Crippen LogP contribution in [-0.2, 0) is 4.79 Å². The molecule has 2 atom stereocenters. The molecule has 1 N–H and O–H groups in total. The Morgan fingerprint density at radius 3 is 2.50 bits per heavy atom. The van der Waals surface area contributed by atoms with Crippen LogP contribution in [0.25, 0.3) is 0 Å². The Labute approximate surface area is 88.5 Å². The number of aliphatic hydroxyl groups is 1. The lowest BCUT2D eigenvalue weighted by Crippen LogP contribution is -2.16. The van der Waals surface area contributed by atoms with Gasteiger partial charge in [0.15, 0.2) is 0 Å². The summed E-state index contributed by atoms with van der Waals surface area (Å²) in [5, 5.41) is 10.3. The molecule has 0 aliphatic heterocycles. The minimum Gasteiger partial charge on any atom is -0.388 e. The molecule has 76 valence electrons. The third-order valence-corrected chi connectivity index (χ3v) is 2.68. The Kier molecular flexibility index (Phi) is 3.67. The van der Waals surface area contributed by atoms with Crippen LogP contribution in [0.15, 0.2) is 24.3 Å². The summed E-state index contributed by atoms with van der Waals surface area (Å²) < 4.78 is 0. The Morgan fingerprint density at radius 2 is 2.00 bits per heavy atom. The maximum atomic E-state index is 11.1. The van der Waals surface area contributed by atoms with E-state index in [1.807, 2.05) is 0 Å². The first-order valence-corrected chi connectivity index (χ1v) is 4.84. The molecule has 14 heavy (non-hydrogen) atoms. The minimum absolute atomic E-state index is 0.0441. The number of benzene rings is 1. The highest BCUT2D eigenvalue weighted by Crippen LogP contribution is 2.28. The number of Topliss-reactive ketones (excluding diaryl/α,β-unsaturated/α-hetero) is 1. The number of hydrogen-bond donors (Lipinski definition) is 1. The van der Waals surface area contributed by atoms with Gasteiger partial charge in [0.05, 0.1) is 6.10 Å². The highest BCUT2D eigenvalue weighted by atomic mass is 35.5. The van der Waals surface area contributed by atoms with Crippen molar-refractivity contribution in [2.45, 2.75) is 20.0 Å². The van der Waals surface area contributed by atoms with Crippen LogP contribution in [0.5, 0.6) is 0 Å². The molecule has 0 unspecified atom stereocenters. The average molecular weight is 213 g/mol. The van der Waals surface area contributed by atoms with Gasteiger partial charge in [-0.15, -0.1) is 0 Å². The molecule has 1 rings (SSSR count). The van der Waals surface area contributed by atoms with Crippen molar-refractivity contribution in [2.75, 3.05) is 0 Å². The second-order valence-corrected chi connectivity index (χ2v) is 3.77. The molecule has 0 aliphatic rings. The lowest BCUT2D eigenvalue weighted by Gasteiger charge is -2.17. The predicted molar refractivity (Wildman–Crippen MR) is 56.3 cm³/mol. The quantitative estimate of drug-likeness (QED) is 0.836. The number of hydrogen-bond acceptors (Lipinski definition) is 2. The first kappa shape index (κ1) is 11.2. The molecule has 1 aromatic carbocycles. The molecule has 0 amide bonds. The zero-order valence-corrected chi connectivity index (χ0v) is 8.95. The van der Waals surface area contributed by atoms with Gasteiger partial charge in [0.1, 0.15) is 5.78 Å². The van der Waals surface area contributed by atoms with E-state index in [0.717, 1.165) is 0 Å². The normalized spacial score (nSPS) is 14.9. The van der Waals surface area contributed by atoms with Crippen LogP contribution in [-0.4, -0.2) is 10.9 Å². The monoisotopic (exact) mass is 212 g/mol. The molecular formula is C11H13ClO2. The predicted octanol–water partition coefficient (Wildman–Crippen LogP) is 2.60. The Morgan fingerprint density at radius 1 is 1.43 bits per heavy atom. The molecular weight excluding hydrogens is 200 g/mol. The van der Waals surface area contributed by atoms with Gasteiger partial charge >= 0.3 is 0 Å². The van der Waals surface area contributed by atoms with Gasteiger partial charge in [-0.05, 0) is 18.6 Å². The molecule has 0 spiro atoms. The first-order chi connectivity index (χ1) is 6.54. The summed E-state index contributed by atoms with van der Waals surface area (Å²) in [6, 6.07) is 7.01. The van der Waals surface area contributed by atoms with Gasteiger partial charge < -0.3 is 5.11 Å². The number of aliphatic hydroxyl groups excluding tert-OH is 1. The van der Waals surface area contributed by atoms with Crippen molar-refractivity contribution in [3.63, 3.8) is 0 Å². The van der Waals surface area contributed by atoms with E-state index < -0.39 is 12.0 Å². The fourth-order valence-electron chi connectivity index (χ4n) is 1.21. The third kappa shape index (κ3) is 2.34. The zero-order chi connectivity index (χ0) is 10.7. The van der Waals surface area contributed by atoms with E-state index in [1.165, 1.54) is 6.92 Å². The van der Waals surface area contributed by atoms with Crippen molar-refractivity contribution in [3.05, 3.63) is 34.9 Å². The number of halogens is 1. The summed E-state index contributed by atoms with van der Waals surface area (Å²) in [4.78, 5) is 11.1. The molecule has 0 bridgehead atoms. The van der Waals surface area contributed by atoms with Crippen molar-refractivity contribution in [1.29, 1.82) is 0 Å². The molecule has 1 aromatic rings. The van der Waals surface area contributed by atoms with Crippen LogP contribution in [0.1, 0.15) is 25.5 Å². The van der Waals surface area contributed by atoms with E-state index in [2.05, 4.69) is 0 Å². The summed E-state index contributed by atoms with van der Waals surface area (Å²) >= 11 is 5.90. The number of ketones is 1. The van der Waals surface area contributed by atoms with Gasteiger partial charge in [0.2, 0.25) is 0 Å². The molecule has 0 saturated heterocycles. The minimum atomic E-state index is -0.818. The highest BCUT2D eigenvalue weighted by molar-refractivity contribution is 6.31. The van der Waals surface area contributed by atoms with E-state index in [0.29, 0.717) is 10.6 Å². The average Bonchev–Trinajstić information content (AvgIpc) is 2.16. The van der Waals surface area contributed by atoms with Crippen molar-refractivity contribution in [2.24, 2.45) is 5.92 Å². The molecule has 0 fully saturated rings. The van der Waals surface area contributed by atoms with E-state index >= 15 is 0 Å². The van der Waals surface area contributed by atoms with Crippen molar-refractivity contribution in [1.82, 2.24) is 0 Å². The Balaban J connectivity index is 2.94. The molecule has 0 saturated carbocycles. The second kappa shape index (κ2) is 4.58. The van der Waals surface area contributed by atoms with E-state index in [4.69, 9.17) is 11.6 Å². The molecule has 0 aliphatic carbocycles. The van der Waals surface area contributed by atoms with Gasteiger partial charge in [0.25, 0.3) is 0 Å². The topological polar surface area (TPSA) is 37.3 Å². The van der Waals surface area contributed by atoms with Crippen molar-refractivity contribution < 1.29 is 9.90 Å². The van der Waals surface area contributed by atoms with Gasteiger partial charge in [-0.1, -0.05) is 36.7 Å². The van der Waals surface area contributed by atoms with Gasteiger partial charge in [-0.2, -0.15) is 0 Å². The van der Waals surface area contributed by atoms with Gasteiger partial charge in [-0.3, -0.25) is 4.79 Å². The summed E-state index contributed by atoms with van der Waals surface area (Å²) in [5.41, 5.74) is 0.608. The maximum absolute atomic E-state index is 11.1. The van der Waals surface area contributed by atoms with Crippen LogP contribution >= 0.6 is 11.6 Å². The van der Waals surface area contributed by atoms with E-state index in [9.17, 15) is 9.90 Å².